The van der Waals surface area contributed by atoms with Crippen molar-refractivity contribution in [1.29, 1.82) is 0 Å². The highest BCUT2D eigenvalue weighted by atomic mass is 35.5. The van der Waals surface area contributed by atoms with Gasteiger partial charge in [0.15, 0.2) is 11.5 Å². The summed E-state index contributed by atoms with van der Waals surface area (Å²) < 4.78 is 4.87. The lowest BCUT2D eigenvalue weighted by atomic mass is 10.2. The van der Waals surface area contributed by atoms with Gasteiger partial charge in [-0.25, -0.2) is 4.79 Å². The van der Waals surface area contributed by atoms with Crippen molar-refractivity contribution in [2.75, 3.05) is 13.7 Å². The molecule has 0 bridgehead atoms. The quantitative estimate of drug-likeness (QED) is 0.792. The molecule has 0 aromatic heterocycles. The summed E-state index contributed by atoms with van der Waals surface area (Å²) in [6.07, 6.45) is 2.21. The molecule has 3 N–H and O–H groups in total. The second-order valence-electron chi connectivity index (χ2n) is 4.61. The SMILES string of the molecule is COc1cc(Cl)c(C(=O)NC(=O)NCC2CC2)cc1O. The van der Waals surface area contributed by atoms with Gasteiger partial charge in [-0.05, 0) is 24.8 Å². The maximum atomic E-state index is 11.9. The van der Waals surface area contributed by atoms with Crippen LogP contribution in [0.5, 0.6) is 11.5 Å². The largest absolute Gasteiger partial charge is 0.504 e. The number of halogens is 1. The fourth-order valence-electron chi connectivity index (χ4n) is 1.65. The van der Waals surface area contributed by atoms with Crippen molar-refractivity contribution in [2.24, 2.45) is 5.92 Å². The summed E-state index contributed by atoms with van der Waals surface area (Å²) in [5.41, 5.74) is 0.00605. The third-order valence-corrected chi connectivity index (χ3v) is 3.30. The molecular formula is C13H15ClN2O4. The number of hydrogen-bond acceptors (Lipinski definition) is 4. The summed E-state index contributed by atoms with van der Waals surface area (Å²) in [6, 6.07) is 1.90. The fourth-order valence-corrected chi connectivity index (χ4v) is 1.89. The van der Waals surface area contributed by atoms with Crippen LogP contribution in [-0.2, 0) is 0 Å². The van der Waals surface area contributed by atoms with Crippen LogP contribution in [0, 0.1) is 5.92 Å². The van der Waals surface area contributed by atoms with Crippen molar-refractivity contribution in [1.82, 2.24) is 10.6 Å². The molecule has 1 aromatic carbocycles. The Balaban J connectivity index is 2.00. The number of phenolic OH excluding ortho intramolecular Hbond substituents is 1. The number of carbonyl (C=O) groups is 2. The number of urea groups is 1. The summed E-state index contributed by atoms with van der Waals surface area (Å²) in [7, 11) is 1.37. The Bertz CT molecular complexity index is 543. The molecule has 108 valence electrons. The zero-order valence-electron chi connectivity index (χ0n) is 10.9. The lowest BCUT2D eigenvalue weighted by Crippen LogP contribution is -2.40. The van der Waals surface area contributed by atoms with E-state index in [0.29, 0.717) is 12.5 Å². The van der Waals surface area contributed by atoms with Gasteiger partial charge in [0.25, 0.3) is 5.91 Å². The van der Waals surface area contributed by atoms with Gasteiger partial charge in [-0.2, -0.15) is 0 Å². The number of benzene rings is 1. The zero-order chi connectivity index (χ0) is 14.7. The number of aromatic hydroxyl groups is 1. The van der Waals surface area contributed by atoms with E-state index in [9.17, 15) is 14.7 Å². The first-order valence-corrected chi connectivity index (χ1v) is 6.54. The Kier molecular flexibility index (Phi) is 4.34. The van der Waals surface area contributed by atoms with Gasteiger partial charge in [-0.3, -0.25) is 10.1 Å². The number of imide groups is 1. The molecule has 6 nitrogen and oxygen atoms in total. The highest BCUT2D eigenvalue weighted by molar-refractivity contribution is 6.34. The van der Waals surface area contributed by atoms with E-state index in [0.717, 1.165) is 18.9 Å². The molecule has 1 aliphatic rings. The third-order valence-electron chi connectivity index (χ3n) is 2.99. The highest BCUT2D eigenvalue weighted by Gasteiger charge is 2.22. The maximum absolute atomic E-state index is 11.9. The molecular weight excluding hydrogens is 284 g/mol. The van der Waals surface area contributed by atoms with Crippen molar-refractivity contribution >= 4 is 23.5 Å². The zero-order valence-corrected chi connectivity index (χ0v) is 11.7. The molecule has 0 unspecified atom stereocenters. The molecule has 3 amide bonds. The molecule has 1 fully saturated rings. The van der Waals surface area contributed by atoms with Crippen LogP contribution >= 0.6 is 11.6 Å². The van der Waals surface area contributed by atoms with E-state index < -0.39 is 11.9 Å². The van der Waals surface area contributed by atoms with Gasteiger partial charge in [-0.15, -0.1) is 0 Å². The Labute approximate surface area is 121 Å². The van der Waals surface area contributed by atoms with Crippen LogP contribution in [0.25, 0.3) is 0 Å². The second kappa shape index (κ2) is 6.00. The molecule has 0 atom stereocenters. The van der Waals surface area contributed by atoms with E-state index >= 15 is 0 Å². The van der Waals surface area contributed by atoms with Crippen molar-refractivity contribution in [2.45, 2.75) is 12.8 Å². The molecule has 1 aromatic rings. The molecule has 0 spiro atoms. The van der Waals surface area contributed by atoms with Gasteiger partial charge in [0.1, 0.15) is 0 Å². The number of rotatable bonds is 4. The van der Waals surface area contributed by atoms with Crippen LogP contribution in [0.2, 0.25) is 5.02 Å². The van der Waals surface area contributed by atoms with Gasteiger partial charge in [0.2, 0.25) is 0 Å². The average Bonchev–Trinajstić information content (AvgIpc) is 3.22. The summed E-state index contributed by atoms with van der Waals surface area (Å²) in [5, 5.41) is 14.5. The van der Waals surface area contributed by atoms with E-state index in [-0.39, 0.29) is 22.1 Å². The smallest absolute Gasteiger partial charge is 0.321 e. The van der Waals surface area contributed by atoms with E-state index in [4.69, 9.17) is 16.3 Å². The third kappa shape index (κ3) is 3.54. The van der Waals surface area contributed by atoms with E-state index in [2.05, 4.69) is 10.6 Å². The number of amides is 3. The average molecular weight is 299 g/mol. The standard InChI is InChI=1S/C13H15ClN2O4/c1-20-11-5-9(14)8(4-10(11)17)12(18)16-13(19)15-6-7-2-3-7/h4-5,7,17H,2-3,6H2,1H3,(H2,15,16,18,19). The van der Waals surface area contributed by atoms with Crippen molar-refractivity contribution < 1.29 is 19.4 Å². The number of nitrogens with one attached hydrogen (secondary N) is 2. The van der Waals surface area contributed by atoms with Gasteiger partial charge in [0, 0.05) is 12.6 Å². The summed E-state index contributed by atoms with van der Waals surface area (Å²) >= 11 is 5.91. The minimum Gasteiger partial charge on any atom is -0.504 e. The first-order valence-electron chi connectivity index (χ1n) is 6.17. The minimum absolute atomic E-state index is 0.00605. The molecule has 0 saturated heterocycles. The first-order chi connectivity index (χ1) is 9.51. The Morgan fingerprint density at radius 3 is 2.75 bits per heavy atom. The van der Waals surface area contributed by atoms with Crippen LogP contribution in [0.15, 0.2) is 12.1 Å². The molecule has 0 heterocycles. The molecule has 20 heavy (non-hydrogen) atoms. The molecule has 0 radical (unpaired) electrons. The number of methoxy groups -OCH3 is 1. The van der Waals surface area contributed by atoms with Gasteiger partial charge in [-0.1, -0.05) is 11.6 Å². The van der Waals surface area contributed by atoms with Crippen LogP contribution in [0.4, 0.5) is 4.79 Å². The molecule has 7 heteroatoms. The number of phenols is 1. The fraction of sp³-hybridized carbons (Fsp3) is 0.385. The summed E-state index contributed by atoms with van der Waals surface area (Å²) in [6.45, 7) is 0.556. The number of carbonyl (C=O) groups excluding carboxylic acids is 2. The number of hydrogen-bond donors (Lipinski definition) is 3. The van der Waals surface area contributed by atoms with Crippen molar-refractivity contribution in [3.8, 4) is 11.5 Å². The van der Waals surface area contributed by atoms with E-state index in [1.807, 2.05) is 0 Å². The first kappa shape index (κ1) is 14.5. The van der Waals surface area contributed by atoms with Crippen molar-refractivity contribution in [3.63, 3.8) is 0 Å². The molecule has 1 saturated carbocycles. The normalized spacial score (nSPS) is 13.7. The molecule has 0 aliphatic heterocycles. The molecule has 2 rings (SSSR count). The Hall–Kier alpha value is -1.95. The predicted octanol–water partition coefficient (Wildman–Crippen LogP) is 1.90. The highest BCUT2D eigenvalue weighted by Crippen LogP contribution is 2.32. The monoisotopic (exact) mass is 298 g/mol. The number of ether oxygens (including phenoxy) is 1. The van der Waals surface area contributed by atoms with E-state index in [1.54, 1.807) is 0 Å². The van der Waals surface area contributed by atoms with Crippen LogP contribution in [0.3, 0.4) is 0 Å². The second-order valence-corrected chi connectivity index (χ2v) is 5.02. The van der Waals surface area contributed by atoms with E-state index in [1.165, 1.54) is 13.2 Å². The minimum atomic E-state index is -0.679. The van der Waals surface area contributed by atoms with Crippen molar-refractivity contribution in [3.05, 3.63) is 22.7 Å². The van der Waals surface area contributed by atoms with Crippen LogP contribution in [0.1, 0.15) is 23.2 Å². The Morgan fingerprint density at radius 2 is 2.15 bits per heavy atom. The van der Waals surface area contributed by atoms with Crippen LogP contribution < -0.4 is 15.4 Å². The summed E-state index contributed by atoms with van der Waals surface area (Å²) in [4.78, 5) is 23.4. The van der Waals surface area contributed by atoms with Gasteiger partial charge in [0.05, 0.1) is 17.7 Å². The lowest BCUT2D eigenvalue weighted by Gasteiger charge is -2.09. The topological polar surface area (TPSA) is 87.7 Å². The molecule has 1 aliphatic carbocycles. The predicted molar refractivity (Wildman–Crippen MR) is 73.3 cm³/mol. The lowest BCUT2D eigenvalue weighted by molar-refractivity contribution is 0.0963. The van der Waals surface area contributed by atoms with Crippen LogP contribution in [-0.4, -0.2) is 30.7 Å². The Morgan fingerprint density at radius 1 is 1.45 bits per heavy atom. The summed E-state index contributed by atoms with van der Waals surface area (Å²) in [5.74, 6) is -0.226. The maximum Gasteiger partial charge on any atom is 0.321 e. The van der Waals surface area contributed by atoms with Gasteiger partial charge < -0.3 is 15.2 Å². The van der Waals surface area contributed by atoms with Gasteiger partial charge >= 0.3 is 6.03 Å².